The molecule has 1 aromatic carbocycles. The Kier molecular flexibility index (Phi) is 4.79. The topological polar surface area (TPSA) is 85.3 Å². The number of carboxylic acid groups (broad SMARTS) is 1. The van der Waals surface area contributed by atoms with Crippen LogP contribution < -0.4 is 9.47 Å². The Hall–Kier alpha value is -2.54. The highest BCUT2D eigenvalue weighted by molar-refractivity contribution is 5.76. The zero-order chi connectivity index (χ0) is 19.9. The number of methoxy groups -OCH3 is 1. The molecule has 0 radical (unpaired) electrons. The molecule has 0 amide bonds. The molecule has 7 nitrogen and oxygen atoms in total. The van der Waals surface area contributed by atoms with Crippen molar-refractivity contribution in [3.8, 4) is 11.5 Å². The summed E-state index contributed by atoms with van der Waals surface area (Å²) >= 11 is 0. The van der Waals surface area contributed by atoms with Crippen LogP contribution in [-0.4, -0.2) is 54.9 Å². The van der Waals surface area contributed by atoms with Crippen LogP contribution in [0.3, 0.4) is 0 Å². The molecule has 0 bridgehead atoms. The fourth-order valence-electron chi connectivity index (χ4n) is 4.59. The average molecular weight is 387 g/mol. The summed E-state index contributed by atoms with van der Waals surface area (Å²) < 4.78 is 17.4. The summed E-state index contributed by atoms with van der Waals surface area (Å²) in [6.45, 7) is 1.79. The van der Waals surface area contributed by atoms with Crippen LogP contribution >= 0.6 is 0 Å². The molecule has 2 aliphatic heterocycles. The zero-order valence-electron chi connectivity index (χ0n) is 16.1. The van der Waals surface area contributed by atoms with Gasteiger partial charge in [-0.3, -0.25) is 9.59 Å². The minimum atomic E-state index is -1.01. The van der Waals surface area contributed by atoms with E-state index in [1.165, 1.54) is 11.1 Å². The van der Waals surface area contributed by atoms with E-state index in [9.17, 15) is 9.59 Å². The molecule has 0 saturated heterocycles. The lowest BCUT2D eigenvalue weighted by atomic mass is 9.69. The van der Waals surface area contributed by atoms with Gasteiger partial charge in [-0.15, -0.1) is 0 Å². The van der Waals surface area contributed by atoms with E-state index in [0.29, 0.717) is 6.42 Å². The molecule has 150 valence electrons. The second-order valence-corrected chi connectivity index (χ2v) is 7.78. The molecule has 1 aromatic rings. The number of nitrogens with zero attached hydrogens (tertiary/aromatic N) is 1. The third kappa shape index (κ3) is 3.13. The van der Waals surface area contributed by atoms with Gasteiger partial charge in [-0.2, -0.15) is 0 Å². The predicted molar refractivity (Wildman–Crippen MR) is 101 cm³/mol. The Labute approximate surface area is 163 Å². The number of rotatable bonds is 5. The highest BCUT2D eigenvalue weighted by Crippen LogP contribution is 2.55. The summed E-state index contributed by atoms with van der Waals surface area (Å²) in [7, 11) is 3.76. The molecule has 0 aromatic heterocycles. The number of ether oxygens (including phenoxy) is 3. The summed E-state index contributed by atoms with van der Waals surface area (Å²) in [5, 5.41) is 8.73. The SMILES string of the molecule is COc1ccc2c3c1O[C@H]1C[C@@H](OC(=O)CCC(=O)O)C=CC31CCN(C)C2. The van der Waals surface area contributed by atoms with Crippen LogP contribution in [0, 0.1) is 0 Å². The fourth-order valence-corrected chi connectivity index (χ4v) is 4.59. The van der Waals surface area contributed by atoms with E-state index in [2.05, 4.69) is 24.1 Å². The van der Waals surface area contributed by atoms with Crippen molar-refractivity contribution in [2.75, 3.05) is 20.7 Å². The van der Waals surface area contributed by atoms with Gasteiger partial charge in [-0.25, -0.2) is 0 Å². The van der Waals surface area contributed by atoms with Gasteiger partial charge in [0, 0.05) is 18.5 Å². The second-order valence-electron chi connectivity index (χ2n) is 7.78. The van der Waals surface area contributed by atoms with Crippen molar-refractivity contribution in [1.29, 1.82) is 0 Å². The van der Waals surface area contributed by atoms with Crippen LogP contribution in [-0.2, 0) is 26.3 Å². The molecule has 28 heavy (non-hydrogen) atoms. The van der Waals surface area contributed by atoms with Crippen molar-refractivity contribution in [1.82, 2.24) is 4.90 Å². The quantitative estimate of drug-likeness (QED) is 0.613. The van der Waals surface area contributed by atoms with Crippen LogP contribution in [0.15, 0.2) is 24.3 Å². The molecule has 7 heteroatoms. The first kappa shape index (κ1) is 18.8. The van der Waals surface area contributed by atoms with Gasteiger partial charge < -0.3 is 24.2 Å². The number of carbonyl (C=O) groups excluding carboxylic acids is 1. The molecule has 3 atom stereocenters. The summed E-state index contributed by atoms with van der Waals surface area (Å²) in [5.74, 6) is 0.0116. The van der Waals surface area contributed by atoms with Crippen LogP contribution in [0.4, 0.5) is 0 Å². The van der Waals surface area contributed by atoms with Gasteiger partial charge in [0.2, 0.25) is 0 Å². The lowest BCUT2D eigenvalue weighted by Gasteiger charge is -2.36. The smallest absolute Gasteiger partial charge is 0.306 e. The number of esters is 1. The summed E-state index contributed by atoms with van der Waals surface area (Å²) in [6, 6.07) is 4.06. The van der Waals surface area contributed by atoms with E-state index in [1.54, 1.807) is 7.11 Å². The largest absolute Gasteiger partial charge is 0.493 e. The Balaban J connectivity index is 1.62. The molecular formula is C21H25NO6. The predicted octanol–water partition coefficient (Wildman–Crippen LogP) is 2.27. The van der Waals surface area contributed by atoms with E-state index >= 15 is 0 Å². The van der Waals surface area contributed by atoms with Crippen molar-refractivity contribution in [3.05, 3.63) is 35.4 Å². The molecule has 4 rings (SSSR count). The molecular weight excluding hydrogens is 362 g/mol. The van der Waals surface area contributed by atoms with Crippen LogP contribution in [0.5, 0.6) is 11.5 Å². The summed E-state index contributed by atoms with van der Waals surface area (Å²) in [5.41, 5.74) is 2.17. The van der Waals surface area contributed by atoms with Crippen molar-refractivity contribution in [3.63, 3.8) is 0 Å². The third-order valence-electron chi connectivity index (χ3n) is 5.96. The van der Waals surface area contributed by atoms with Gasteiger partial charge in [0.15, 0.2) is 11.5 Å². The standard InChI is InChI=1S/C21H25NO6/c1-22-10-9-21-8-7-14(27-18(25)6-5-17(23)24)11-16(21)28-20-15(26-2)4-3-13(12-22)19(20)21/h3-4,7-8,14,16H,5-6,9-12H2,1-2H3,(H,23,24)/t14-,16-,21?/m0/s1. The lowest BCUT2D eigenvalue weighted by Crippen LogP contribution is -2.43. The van der Waals surface area contributed by atoms with Gasteiger partial charge in [-0.1, -0.05) is 12.1 Å². The second kappa shape index (κ2) is 7.13. The van der Waals surface area contributed by atoms with Crippen molar-refractivity contribution in [2.24, 2.45) is 0 Å². The molecule has 1 N–H and O–H groups in total. The van der Waals surface area contributed by atoms with Crippen LogP contribution in [0.2, 0.25) is 0 Å². The minimum Gasteiger partial charge on any atom is -0.493 e. The van der Waals surface area contributed by atoms with Gasteiger partial charge in [0.1, 0.15) is 12.2 Å². The summed E-state index contributed by atoms with van der Waals surface area (Å²) in [6.07, 6.45) is 4.60. The molecule has 0 fully saturated rings. The third-order valence-corrected chi connectivity index (χ3v) is 5.96. The molecule has 1 unspecified atom stereocenters. The Bertz CT molecular complexity index is 834. The normalized spacial score (nSPS) is 27.9. The number of benzene rings is 1. The van der Waals surface area contributed by atoms with E-state index in [4.69, 9.17) is 19.3 Å². The van der Waals surface area contributed by atoms with Gasteiger partial charge >= 0.3 is 11.9 Å². The number of carbonyl (C=O) groups is 2. The van der Waals surface area contributed by atoms with Crippen molar-refractivity contribution >= 4 is 11.9 Å². The maximum Gasteiger partial charge on any atom is 0.306 e. The van der Waals surface area contributed by atoms with Gasteiger partial charge in [0.05, 0.1) is 25.4 Å². The fraction of sp³-hybridized carbons (Fsp3) is 0.524. The molecule has 2 heterocycles. The maximum absolute atomic E-state index is 12.0. The Morgan fingerprint density at radius 3 is 2.93 bits per heavy atom. The van der Waals surface area contributed by atoms with Crippen LogP contribution in [0.1, 0.15) is 36.8 Å². The molecule has 1 aliphatic carbocycles. The first-order valence-electron chi connectivity index (χ1n) is 9.59. The first-order chi connectivity index (χ1) is 13.4. The zero-order valence-corrected chi connectivity index (χ0v) is 16.1. The summed E-state index contributed by atoms with van der Waals surface area (Å²) in [4.78, 5) is 24.9. The van der Waals surface area contributed by atoms with E-state index < -0.39 is 18.0 Å². The first-order valence-corrected chi connectivity index (χ1v) is 9.59. The number of hydrogen-bond acceptors (Lipinski definition) is 6. The molecule has 1 spiro atoms. The number of hydrogen-bond donors (Lipinski definition) is 1. The Morgan fingerprint density at radius 1 is 1.36 bits per heavy atom. The monoisotopic (exact) mass is 387 g/mol. The number of aliphatic carboxylic acids is 1. The van der Waals surface area contributed by atoms with Crippen molar-refractivity contribution < 1.29 is 28.9 Å². The van der Waals surface area contributed by atoms with Gasteiger partial charge in [-0.05, 0) is 37.7 Å². The average Bonchev–Trinajstić information content (AvgIpc) is 2.92. The molecule has 3 aliphatic rings. The lowest BCUT2D eigenvalue weighted by molar-refractivity contribution is -0.151. The van der Waals surface area contributed by atoms with Crippen molar-refractivity contribution in [2.45, 2.75) is 49.9 Å². The maximum atomic E-state index is 12.0. The van der Waals surface area contributed by atoms with E-state index in [0.717, 1.165) is 31.0 Å². The minimum absolute atomic E-state index is 0.126. The molecule has 0 saturated carbocycles. The van der Waals surface area contributed by atoms with Crippen LogP contribution in [0.25, 0.3) is 0 Å². The number of carboxylic acids is 1. The Morgan fingerprint density at radius 2 is 2.18 bits per heavy atom. The van der Waals surface area contributed by atoms with E-state index in [1.807, 2.05) is 12.1 Å². The highest BCUT2D eigenvalue weighted by atomic mass is 16.6. The van der Waals surface area contributed by atoms with Gasteiger partial charge in [0.25, 0.3) is 0 Å². The van der Waals surface area contributed by atoms with E-state index in [-0.39, 0.29) is 24.4 Å². The highest BCUT2D eigenvalue weighted by Gasteiger charge is 2.53.